The number of thiophene rings is 1. The van der Waals surface area contributed by atoms with Crippen molar-refractivity contribution in [2.24, 2.45) is 0 Å². The molecule has 0 aromatic carbocycles. The highest BCUT2D eigenvalue weighted by molar-refractivity contribution is 7.12. The lowest BCUT2D eigenvalue weighted by Crippen LogP contribution is -2.42. The number of hydrogen-bond donors (Lipinski definition) is 2. The highest BCUT2D eigenvalue weighted by atomic mass is 32.1. The number of nitrogens with one attached hydrogen (secondary N) is 1. The van der Waals surface area contributed by atoms with Gasteiger partial charge >= 0.3 is 0 Å². The number of nitrogens with zero attached hydrogens (tertiary/aromatic N) is 2. The van der Waals surface area contributed by atoms with E-state index in [1.165, 1.54) is 11.3 Å². The number of carbonyl (C=O) groups excluding carboxylic acids is 2. The van der Waals surface area contributed by atoms with Crippen LogP contribution in [0.4, 0.5) is 0 Å². The van der Waals surface area contributed by atoms with Crippen LogP contribution in [0.2, 0.25) is 0 Å². The summed E-state index contributed by atoms with van der Waals surface area (Å²) in [5.41, 5.74) is 0. The van der Waals surface area contributed by atoms with E-state index >= 15 is 0 Å². The van der Waals surface area contributed by atoms with Crippen molar-refractivity contribution in [2.45, 2.75) is 6.42 Å². The molecule has 0 unspecified atom stereocenters. The number of aliphatic hydroxyl groups is 1. The molecule has 2 N–H and O–H groups in total. The van der Waals surface area contributed by atoms with Gasteiger partial charge in [0, 0.05) is 26.2 Å². The summed E-state index contributed by atoms with van der Waals surface area (Å²) in [5.74, 6) is -0.249. The van der Waals surface area contributed by atoms with Crippen molar-refractivity contribution in [3.63, 3.8) is 0 Å². The van der Waals surface area contributed by atoms with E-state index in [1.807, 2.05) is 11.4 Å². The fourth-order valence-electron chi connectivity index (χ4n) is 2.35. The second-order valence-corrected chi connectivity index (χ2v) is 5.91. The van der Waals surface area contributed by atoms with Crippen molar-refractivity contribution in [3.8, 4) is 0 Å². The molecule has 0 spiro atoms. The number of hydrogen-bond acceptors (Lipinski definition) is 5. The van der Waals surface area contributed by atoms with E-state index in [0.717, 1.165) is 19.5 Å². The number of amides is 2. The van der Waals surface area contributed by atoms with E-state index in [1.54, 1.807) is 11.0 Å². The van der Waals surface area contributed by atoms with Crippen LogP contribution in [0.3, 0.4) is 0 Å². The van der Waals surface area contributed by atoms with Crippen LogP contribution in [-0.2, 0) is 4.79 Å². The minimum atomic E-state index is -0.199. The minimum absolute atomic E-state index is 0.0384. The molecule has 1 aliphatic rings. The molecule has 0 radical (unpaired) electrons. The first-order valence-corrected chi connectivity index (χ1v) is 8.01. The second-order valence-electron chi connectivity index (χ2n) is 4.96. The van der Waals surface area contributed by atoms with Gasteiger partial charge in [-0.3, -0.25) is 14.5 Å². The van der Waals surface area contributed by atoms with Crippen molar-refractivity contribution in [1.82, 2.24) is 15.1 Å². The van der Waals surface area contributed by atoms with Gasteiger partial charge in [0.2, 0.25) is 5.91 Å². The molecule has 2 rings (SSSR count). The first-order chi connectivity index (χ1) is 10.2. The van der Waals surface area contributed by atoms with Gasteiger partial charge in [0.25, 0.3) is 5.91 Å². The molecule has 1 aliphatic heterocycles. The molecule has 116 valence electrons. The lowest BCUT2D eigenvalue weighted by molar-refractivity contribution is -0.130. The SMILES string of the molecule is O=C(NCC(=O)N1CCCN(CCO)CC1)c1cccs1. The smallest absolute Gasteiger partial charge is 0.261 e. The zero-order chi connectivity index (χ0) is 15.1. The maximum atomic E-state index is 12.1. The lowest BCUT2D eigenvalue weighted by Gasteiger charge is -2.21. The van der Waals surface area contributed by atoms with Crippen LogP contribution >= 0.6 is 11.3 Å². The summed E-state index contributed by atoms with van der Waals surface area (Å²) in [6.07, 6.45) is 0.893. The third kappa shape index (κ3) is 4.80. The van der Waals surface area contributed by atoms with Crippen molar-refractivity contribution in [1.29, 1.82) is 0 Å². The molecule has 7 heteroatoms. The van der Waals surface area contributed by atoms with Gasteiger partial charge in [0.05, 0.1) is 18.0 Å². The first-order valence-electron chi connectivity index (χ1n) is 7.13. The molecular weight excluding hydrogens is 290 g/mol. The molecule has 1 fully saturated rings. The Kier molecular flexibility index (Phi) is 6.16. The summed E-state index contributed by atoms with van der Waals surface area (Å²) in [6, 6.07) is 3.55. The number of β-amino-alcohol motifs (C(OH)–C–C–N with tert-alkyl or cyclic N) is 1. The van der Waals surface area contributed by atoms with Gasteiger partial charge in [0.15, 0.2) is 0 Å². The summed E-state index contributed by atoms with van der Waals surface area (Å²) in [4.78, 5) is 28.5. The molecule has 2 amide bonds. The Morgan fingerprint density at radius 2 is 2.14 bits per heavy atom. The number of aliphatic hydroxyl groups excluding tert-OH is 1. The molecule has 0 saturated carbocycles. The maximum absolute atomic E-state index is 12.1. The highest BCUT2D eigenvalue weighted by Gasteiger charge is 2.19. The summed E-state index contributed by atoms with van der Waals surface area (Å²) in [5, 5.41) is 13.5. The van der Waals surface area contributed by atoms with E-state index < -0.39 is 0 Å². The van der Waals surface area contributed by atoms with Crippen LogP contribution in [-0.4, -0.2) is 72.6 Å². The van der Waals surface area contributed by atoms with Gasteiger partial charge in [-0.25, -0.2) is 0 Å². The summed E-state index contributed by atoms with van der Waals surface area (Å²) in [6.45, 7) is 3.85. The van der Waals surface area contributed by atoms with E-state index in [2.05, 4.69) is 10.2 Å². The topological polar surface area (TPSA) is 72.9 Å². The van der Waals surface area contributed by atoms with Crippen LogP contribution in [0, 0.1) is 0 Å². The van der Waals surface area contributed by atoms with Crippen molar-refractivity contribution < 1.29 is 14.7 Å². The summed E-state index contributed by atoms with van der Waals surface area (Å²) >= 11 is 1.36. The van der Waals surface area contributed by atoms with Gasteiger partial charge in [-0.15, -0.1) is 11.3 Å². The quantitative estimate of drug-likeness (QED) is 0.803. The average molecular weight is 311 g/mol. The van der Waals surface area contributed by atoms with Gasteiger partial charge in [0.1, 0.15) is 0 Å². The van der Waals surface area contributed by atoms with Crippen molar-refractivity contribution in [3.05, 3.63) is 22.4 Å². The Morgan fingerprint density at radius 3 is 2.86 bits per heavy atom. The highest BCUT2D eigenvalue weighted by Crippen LogP contribution is 2.08. The molecule has 0 aliphatic carbocycles. The van der Waals surface area contributed by atoms with E-state index in [9.17, 15) is 9.59 Å². The van der Waals surface area contributed by atoms with Gasteiger partial charge in [-0.05, 0) is 24.4 Å². The maximum Gasteiger partial charge on any atom is 0.261 e. The third-order valence-electron chi connectivity index (χ3n) is 3.50. The largest absolute Gasteiger partial charge is 0.395 e. The normalized spacial score (nSPS) is 16.5. The molecule has 0 atom stereocenters. The predicted molar refractivity (Wildman–Crippen MR) is 81.4 cm³/mol. The van der Waals surface area contributed by atoms with Crippen LogP contribution in [0.25, 0.3) is 0 Å². The number of carbonyl (C=O) groups is 2. The molecule has 1 aromatic heterocycles. The molecular formula is C14H21N3O3S. The number of rotatable bonds is 5. The second kappa shape index (κ2) is 8.11. The van der Waals surface area contributed by atoms with Crippen molar-refractivity contribution >= 4 is 23.2 Å². The Hall–Kier alpha value is -1.44. The van der Waals surface area contributed by atoms with Crippen LogP contribution in [0.1, 0.15) is 16.1 Å². The Morgan fingerprint density at radius 1 is 1.29 bits per heavy atom. The van der Waals surface area contributed by atoms with Crippen molar-refractivity contribution in [2.75, 3.05) is 45.9 Å². The predicted octanol–water partition coefficient (Wildman–Crippen LogP) is 0.00450. The summed E-state index contributed by atoms with van der Waals surface area (Å²) in [7, 11) is 0. The van der Waals surface area contributed by atoms with Crippen LogP contribution < -0.4 is 5.32 Å². The zero-order valence-corrected chi connectivity index (χ0v) is 12.8. The van der Waals surface area contributed by atoms with E-state index in [-0.39, 0.29) is 25.0 Å². The van der Waals surface area contributed by atoms with Gasteiger partial charge in [-0.2, -0.15) is 0 Å². The molecule has 2 heterocycles. The molecule has 21 heavy (non-hydrogen) atoms. The summed E-state index contributed by atoms with van der Waals surface area (Å²) < 4.78 is 0. The molecule has 1 aromatic rings. The molecule has 0 bridgehead atoms. The van der Waals surface area contributed by atoms with Crippen LogP contribution in [0.5, 0.6) is 0 Å². The standard InChI is InChI=1S/C14H21N3O3S/c18-9-8-16-4-2-5-17(7-6-16)13(19)11-15-14(20)12-3-1-10-21-12/h1,3,10,18H,2,4-9,11H2,(H,15,20). The Bertz CT molecular complexity index is 464. The zero-order valence-electron chi connectivity index (χ0n) is 12.0. The minimum Gasteiger partial charge on any atom is -0.395 e. The Labute approximate surface area is 128 Å². The van der Waals surface area contributed by atoms with Gasteiger partial charge in [-0.1, -0.05) is 6.07 Å². The molecule has 1 saturated heterocycles. The van der Waals surface area contributed by atoms with E-state index in [4.69, 9.17) is 5.11 Å². The van der Waals surface area contributed by atoms with Gasteiger partial charge < -0.3 is 15.3 Å². The van der Waals surface area contributed by atoms with E-state index in [0.29, 0.717) is 24.5 Å². The average Bonchev–Trinajstić information content (AvgIpc) is 2.92. The monoisotopic (exact) mass is 311 g/mol. The molecule has 6 nitrogen and oxygen atoms in total. The Balaban J connectivity index is 1.76. The fourth-order valence-corrected chi connectivity index (χ4v) is 2.99. The fraction of sp³-hybridized carbons (Fsp3) is 0.571. The lowest BCUT2D eigenvalue weighted by atomic mass is 10.3. The first kappa shape index (κ1) is 15.9. The third-order valence-corrected chi connectivity index (χ3v) is 4.37. The van der Waals surface area contributed by atoms with Crippen LogP contribution in [0.15, 0.2) is 17.5 Å².